The second-order valence-electron chi connectivity index (χ2n) is 10.9. The maximum Gasteiger partial charge on any atom is 0.223 e. The monoisotopic (exact) mass is 488 g/mol. The summed E-state index contributed by atoms with van der Waals surface area (Å²) >= 11 is 1.61. The molecular formula is C29H36N4OS. The number of aromatic nitrogens is 1. The molecule has 0 spiro atoms. The van der Waals surface area contributed by atoms with E-state index in [-0.39, 0.29) is 11.8 Å². The summed E-state index contributed by atoms with van der Waals surface area (Å²) in [6.45, 7) is 8.63. The molecule has 1 aliphatic heterocycles. The number of amides is 1. The summed E-state index contributed by atoms with van der Waals surface area (Å²) in [5.74, 6) is 3.57. The number of nitrogens with zero attached hydrogens (tertiary/aromatic N) is 3. The van der Waals surface area contributed by atoms with Gasteiger partial charge in [0.05, 0.1) is 4.70 Å². The highest BCUT2D eigenvalue weighted by Gasteiger charge is 2.39. The van der Waals surface area contributed by atoms with Gasteiger partial charge in [0.2, 0.25) is 5.91 Å². The molecule has 6 heteroatoms. The Bertz CT molecular complexity index is 1180. The van der Waals surface area contributed by atoms with Crippen LogP contribution in [0.1, 0.15) is 30.9 Å². The van der Waals surface area contributed by atoms with Gasteiger partial charge in [-0.3, -0.25) is 9.69 Å². The van der Waals surface area contributed by atoms with Gasteiger partial charge in [0, 0.05) is 50.6 Å². The zero-order valence-electron chi connectivity index (χ0n) is 20.7. The molecule has 0 bridgehead atoms. The van der Waals surface area contributed by atoms with E-state index in [2.05, 4.69) is 70.6 Å². The van der Waals surface area contributed by atoms with Gasteiger partial charge in [0.25, 0.3) is 0 Å². The highest BCUT2D eigenvalue weighted by Crippen LogP contribution is 2.40. The first-order valence-electron chi connectivity index (χ1n) is 13.3. The van der Waals surface area contributed by atoms with Gasteiger partial charge in [-0.25, -0.2) is 0 Å². The Kier molecular flexibility index (Phi) is 6.50. The first-order chi connectivity index (χ1) is 17.2. The molecule has 5 nitrogen and oxygen atoms in total. The van der Waals surface area contributed by atoms with Crippen molar-refractivity contribution in [3.05, 3.63) is 59.7 Å². The predicted octanol–water partition coefficient (Wildman–Crippen LogP) is 4.61. The molecular weight excluding hydrogens is 452 g/mol. The molecule has 0 radical (unpaired) electrons. The molecule has 1 aromatic heterocycles. The van der Waals surface area contributed by atoms with Gasteiger partial charge in [-0.05, 0) is 78.2 Å². The van der Waals surface area contributed by atoms with Gasteiger partial charge in [-0.15, -0.1) is 0 Å². The van der Waals surface area contributed by atoms with Crippen LogP contribution in [0.5, 0.6) is 0 Å². The highest BCUT2D eigenvalue weighted by molar-refractivity contribution is 7.13. The summed E-state index contributed by atoms with van der Waals surface area (Å²) in [4.78, 5) is 18.1. The minimum atomic E-state index is 0.133. The molecule has 1 amide bonds. The fraction of sp³-hybridized carbons (Fsp3) is 0.517. The fourth-order valence-corrected chi connectivity index (χ4v) is 7.33. The Hall–Kier alpha value is -2.44. The molecule has 3 aromatic rings. The van der Waals surface area contributed by atoms with Crippen LogP contribution in [0.25, 0.3) is 10.1 Å². The van der Waals surface area contributed by atoms with Crippen molar-refractivity contribution in [1.29, 1.82) is 0 Å². The number of carbonyl (C=O) groups excluding carboxylic acids is 1. The quantitative estimate of drug-likeness (QED) is 0.550. The fourth-order valence-electron chi connectivity index (χ4n) is 6.53. The molecule has 1 saturated carbocycles. The van der Waals surface area contributed by atoms with Crippen LogP contribution in [0, 0.1) is 23.7 Å². The van der Waals surface area contributed by atoms with E-state index in [4.69, 9.17) is 4.37 Å². The third-order valence-electron chi connectivity index (χ3n) is 8.76. The molecule has 2 aliphatic carbocycles. The number of anilines is 1. The van der Waals surface area contributed by atoms with Crippen molar-refractivity contribution in [3.63, 3.8) is 0 Å². The predicted molar refractivity (Wildman–Crippen MR) is 144 cm³/mol. The van der Waals surface area contributed by atoms with Gasteiger partial charge in [0.1, 0.15) is 5.82 Å². The van der Waals surface area contributed by atoms with Crippen molar-refractivity contribution in [3.8, 4) is 0 Å². The summed E-state index contributed by atoms with van der Waals surface area (Å²) in [5.41, 5.74) is 2.78. The molecule has 2 aromatic carbocycles. The molecule has 184 valence electrons. The molecule has 3 aliphatic rings. The van der Waals surface area contributed by atoms with Crippen LogP contribution < -0.4 is 10.2 Å². The van der Waals surface area contributed by atoms with Crippen LogP contribution >= 0.6 is 11.5 Å². The van der Waals surface area contributed by atoms with E-state index in [1.54, 1.807) is 11.5 Å². The van der Waals surface area contributed by atoms with Crippen LogP contribution in [0.2, 0.25) is 0 Å². The van der Waals surface area contributed by atoms with Crippen molar-refractivity contribution < 1.29 is 4.79 Å². The second kappa shape index (κ2) is 9.90. The SMILES string of the molecule is CC1C[C@H](CN2CCN(c3nsc4ccccc34)CC2)[C@H]1CNC(=O)C1CCc2ccccc2C1. The highest BCUT2D eigenvalue weighted by atomic mass is 32.1. The Labute approximate surface area is 212 Å². The number of benzene rings is 2. The topological polar surface area (TPSA) is 48.5 Å². The number of rotatable bonds is 6. The van der Waals surface area contributed by atoms with Gasteiger partial charge < -0.3 is 10.2 Å². The summed E-state index contributed by atoms with van der Waals surface area (Å²) in [5, 5.41) is 4.64. The van der Waals surface area contributed by atoms with Crippen molar-refractivity contribution in [1.82, 2.24) is 14.6 Å². The first-order valence-corrected chi connectivity index (χ1v) is 14.1. The summed E-state index contributed by atoms with van der Waals surface area (Å²) in [6, 6.07) is 17.2. The number of fused-ring (bicyclic) bond motifs is 2. The summed E-state index contributed by atoms with van der Waals surface area (Å²) in [7, 11) is 0. The first kappa shape index (κ1) is 23.0. The van der Waals surface area contributed by atoms with Gasteiger partial charge in [0.15, 0.2) is 0 Å². The molecule has 1 saturated heterocycles. The van der Waals surface area contributed by atoms with Crippen LogP contribution in [0.3, 0.4) is 0 Å². The standard InChI is InChI=1S/C29H36N4OS/c1-20-16-24(26(20)18-30-29(34)23-11-10-21-6-2-3-7-22(21)17-23)19-32-12-14-33(15-13-32)28-25-8-4-5-9-27(25)35-31-28/h2-9,20,23-24,26H,10-19H2,1H3,(H,30,34)/t20?,23?,24-,26+/m1/s1. The summed E-state index contributed by atoms with van der Waals surface area (Å²) < 4.78 is 6.03. The number of hydrogen-bond donors (Lipinski definition) is 1. The van der Waals surface area contributed by atoms with Crippen LogP contribution in [0.15, 0.2) is 48.5 Å². The smallest absolute Gasteiger partial charge is 0.223 e. The van der Waals surface area contributed by atoms with E-state index in [9.17, 15) is 4.79 Å². The Balaban J connectivity index is 0.982. The molecule has 1 N–H and O–H groups in total. The Morgan fingerprint density at radius 1 is 1.06 bits per heavy atom. The second-order valence-corrected chi connectivity index (χ2v) is 11.7. The van der Waals surface area contributed by atoms with E-state index in [1.165, 1.54) is 27.6 Å². The lowest BCUT2D eigenvalue weighted by Gasteiger charge is -2.47. The lowest BCUT2D eigenvalue weighted by atomic mass is 9.65. The average Bonchev–Trinajstić information content (AvgIpc) is 3.33. The van der Waals surface area contributed by atoms with Crippen molar-refractivity contribution in [2.75, 3.05) is 44.2 Å². The van der Waals surface area contributed by atoms with E-state index in [0.29, 0.717) is 17.8 Å². The number of nitrogens with one attached hydrogen (secondary N) is 1. The molecule has 2 fully saturated rings. The van der Waals surface area contributed by atoms with Crippen molar-refractivity contribution in [2.24, 2.45) is 23.7 Å². The molecule has 35 heavy (non-hydrogen) atoms. The molecule has 6 rings (SSSR count). The number of hydrogen-bond acceptors (Lipinski definition) is 5. The minimum Gasteiger partial charge on any atom is -0.356 e. The zero-order chi connectivity index (χ0) is 23.8. The van der Waals surface area contributed by atoms with Gasteiger partial charge in [-0.2, -0.15) is 4.37 Å². The van der Waals surface area contributed by atoms with Crippen LogP contribution in [0.4, 0.5) is 5.82 Å². The summed E-state index contributed by atoms with van der Waals surface area (Å²) in [6.07, 6.45) is 4.18. The maximum absolute atomic E-state index is 13.0. The lowest BCUT2D eigenvalue weighted by Crippen LogP contribution is -2.53. The largest absolute Gasteiger partial charge is 0.356 e. The van der Waals surface area contributed by atoms with Gasteiger partial charge in [-0.1, -0.05) is 43.3 Å². The Morgan fingerprint density at radius 2 is 1.83 bits per heavy atom. The van der Waals surface area contributed by atoms with E-state index in [0.717, 1.165) is 64.3 Å². The molecule has 2 unspecified atom stereocenters. The third kappa shape index (κ3) is 4.70. The number of carbonyl (C=O) groups is 1. The Morgan fingerprint density at radius 3 is 2.66 bits per heavy atom. The van der Waals surface area contributed by atoms with E-state index < -0.39 is 0 Å². The van der Waals surface area contributed by atoms with E-state index >= 15 is 0 Å². The number of aryl methyl sites for hydroxylation is 1. The molecule has 4 atom stereocenters. The lowest BCUT2D eigenvalue weighted by molar-refractivity contribution is -0.126. The normalized spacial score (nSPS) is 26.8. The van der Waals surface area contributed by atoms with Gasteiger partial charge >= 0.3 is 0 Å². The zero-order valence-corrected chi connectivity index (χ0v) is 21.5. The average molecular weight is 489 g/mol. The van der Waals surface area contributed by atoms with Crippen molar-refractivity contribution in [2.45, 2.75) is 32.6 Å². The number of piperazine rings is 1. The van der Waals surface area contributed by atoms with Crippen LogP contribution in [-0.4, -0.2) is 54.4 Å². The van der Waals surface area contributed by atoms with Crippen LogP contribution in [-0.2, 0) is 17.6 Å². The van der Waals surface area contributed by atoms with E-state index in [1.807, 2.05) is 0 Å². The molecule has 2 heterocycles. The van der Waals surface area contributed by atoms with Crippen molar-refractivity contribution >= 4 is 33.3 Å². The maximum atomic E-state index is 13.0. The minimum absolute atomic E-state index is 0.133. The third-order valence-corrected chi connectivity index (χ3v) is 9.58.